The van der Waals surface area contributed by atoms with Crippen LogP contribution in [0.15, 0.2) is 10.7 Å². The molecule has 0 bridgehead atoms. The molecule has 1 saturated heterocycles. The van der Waals surface area contributed by atoms with Crippen LogP contribution < -0.4 is 4.90 Å². The van der Waals surface area contributed by atoms with Crippen molar-refractivity contribution in [3.8, 4) is 0 Å². The molecule has 1 fully saturated rings. The second-order valence-electron chi connectivity index (χ2n) is 6.17. The van der Waals surface area contributed by atoms with Crippen molar-refractivity contribution in [1.82, 2.24) is 9.97 Å². The molecule has 21 heavy (non-hydrogen) atoms. The van der Waals surface area contributed by atoms with Gasteiger partial charge in [0.2, 0.25) is 0 Å². The van der Waals surface area contributed by atoms with Gasteiger partial charge in [-0.2, -0.15) is 11.8 Å². The molecule has 0 radical (unpaired) electrons. The number of aromatic nitrogens is 2. The molecule has 2 heterocycles. The van der Waals surface area contributed by atoms with Gasteiger partial charge in [-0.1, -0.05) is 20.8 Å². The van der Waals surface area contributed by atoms with Crippen molar-refractivity contribution in [1.29, 1.82) is 0 Å². The molecule has 2 rings (SSSR count). The summed E-state index contributed by atoms with van der Waals surface area (Å²) < 4.78 is 24.7. The van der Waals surface area contributed by atoms with E-state index in [1.807, 2.05) is 25.7 Å². The van der Waals surface area contributed by atoms with Crippen molar-refractivity contribution in [2.45, 2.75) is 31.6 Å². The Hall–Kier alpha value is -0.340. The third-order valence-electron chi connectivity index (χ3n) is 3.23. The molecule has 1 aliphatic heterocycles. The second-order valence-corrected chi connectivity index (χ2v) is 10.3. The monoisotopic (exact) mass is 393 g/mol. The third kappa shape index (κ3) is 4.10. The van der Waals surface area contributed by atoms with Crippen molar-refractivity contribution >= 4 is 43.3 Å². The molecule has 1 atom stereocenters. The van der Waals surface area contributed by atoms with Crippen molar-refractivity contribution < 1.29 is 8.42 Å². The van der Waals surface area contributed by atoms with Crippen LogP contribution in [0.4, 0.5) is 5.82 Å². The van der Waals surface area contributed by atoms with Crippen LogP contribution in [-0.2, 0) is 15.3 Å². The number of halogens is 1. The van der Waals surface area contributed by atoms with Gasteiger partial charge in [0.25, 0.3) is 0 Å². The lowest BCUT2D eigenvalue weighted by molar-refractivity contribution is 0.541. The van der Waals surface area contributed by atoms with Gasteiger partial charge in [0.15, 0.2) is 9.84 Å². The molecule has 1 aromatic rings. The number of hydrogen-bond donors (Lipinski definition) is 0. The lowest BCUT2D eigenvalue weighted by atomic mass is 9.96. The van der Waals surface area contributed by atoms with E-state index in [9.17, 15) is 8.42 Å². The lowest BCUT2D eigenvalue weighted by Gasteiger charge is -2.35. The largest absolute Gasteiger partial charge is 0.338 e. The van der Waals surface area contributed by atoms with E-state index in [1.54, 1.807) is 17.8 Å². The minimum atomic E-state index is -3.15. The van der Waals surface area contributed by atoms with Gasteiger partial charge in [0.05, 0.1) is 0 Å². The lowest BCUT2D eigenvalue weighted by Crippen LogP contribution is -2.47. The highest BCUT2D eigenvalue weighted by atomic mass is 79.9. The molecule has 5 nitrogen and oxygen atoms in total. The molecule has 0 saturated carbocycles. The van der Waals surface area contributed by atoms with Crippen molar-refractivity contribution in [2.75, 3.05) is 29.2 Å². The van der Waals surface area contributed by atoms with E-state index in [1.165, 1.54) is 6.26 Å². The molecule has 0 aliphatic carbocycles. The standard InChI is InChI=1S/C13H20BrN3O2S2/c1-13(2,3)12-15-9(14)7-10(16-12)17-5-6-20-8-11(17)21(4,18)19/h7,11H,5-6,8H2,1-4H3. The number of hydrogen-bond acceptors (Lipinski definition) is 6. The van der Waals surface area contributed by atoms with Crippen molar-refractivity contribution in [3.05, 3.63) is 16.5 Å². The number of thioether (sulfide) groups is 1. The van der Waals surface area contributed by atoms with Crippen LogP contribution in [0, 0.1) is 0 Å². The Morgan fingerprint density at radius 2 is 2.05 bits per heavy atom. The molecule has 0 spiro atoms. The summed E-state index contributed by atoms with van der Waals surface area (Å²) in [6.45, 7) is 6.80. The van der Waals surface area contributed by atoms with E-state index in [2.05, 4.69) is 25.9 Å². The van der Waals surface area contributed by atoms with E-state index in [0.29, 0.717) is 28.5 Å². The normalized spacial score (nSPS) is 20.6. The van der Waals surface area contributed by atoms with Gasteiger partial charge in [0.1, 0.15) is 21.6 Å². The molecular formula is C13H20BrN3O2S2. The first kappa shape index (κ1) is 17.0. The molecule has 0 aromatic carbocycles. The van der Waals surface area contributed by atoms with E-state index in [0.717, 1.165) is 5.75 Å². The Kier molecular flexibility index (Phi) is 4.90. The topological polar surface area (TPSA) is 63.2 Å². The van der Waals surface area contributed by atoms with E-state index >= 15 is 0 Å². The fourth-order valence-electron chi connectivity index (χ4n) is 2.09. The quantitative estimate of drug-likeness (QED) is 0.719. The highest BCUT2D eigenvalue weighted by Gasteiger charge is 2.33. The number of rotatable bonds is 2. The highest BCUT2D eigenvalue weighted by Crippen LogP contribution is 2.29. The minimum absolute atomic E-state index is 0.191. The molecule has 1 aliphatic rings. The summed E-state index contributed by atoms with van der Waals surface area (Å²) in [6, 6.07) is 1.80. The van der Waals surface area contributed by atoms with Crippen LogP contribution in [0.2, 0.25) is 0 Å². The second kappa shape index (κ2) is 6.04. The molecule has 8 heteroatoms. The number of sulfone groups is 1. The number of nitrogens with zero attached hydrogens (tertiary/aromatic N) is 3. The highest BCUT2D eigenvalue weighted by molar-refractivity contribution is 9.10. The predicted molar refractivity (Wildman–Crippen MR) is 91.7 cm³/mol. The van der Waals surface area contributed by atoms with Gasteiger partial charge in [-0.3, -0.25) is 0 Å². The zero-order chi connectivity index (χ0) is 15.8. The molecule has 0 N–H and O–H groups in total. The fourth-order valence-corrected chi connectivity index (χ4v) is 5.29. The van der Waals surface area contributed by atoms with Crippen molar-refractivity contribution in [3.63, 3.8) is 0 Å². The Morgan fingerprint density at radius 1 is 1.38 bits per heavy atom. The fraction of sp³-hybridized carbons (Fsp3) is 0.692. The first-order chi connectivity index (χ1) is 9.59. The maximum atomic E-state index is 12.0. The summed E-state index contributed by atoms with van der Waals surface area (Å²) in [5, 5.41) is -0.522. The Bertz CT molecular complexity index is 629. The van der Waals surface area contributed by atoms with Gasteiger partial charge < -0.3 is 4.90 Å². The van der Waals surface area contributed by atoms with Crippen LogP contribution >= 0.6 is 27.7 Å². The number of anilines is 1. The minimum Gasteiger partial charge on any atom is -0.338 e. The van der Waals surface area contributed by atoms with Gasteiger partial charge in [-0.15, -0.1) is 0 Å². The smallest absolute Gasteiger partial charge is 0.169 e. The molecule has 1 aromatic heterocycles. The third-order valence-corrected chi connectivity index (χ3v) is 6.27. The Balaban J connectivity index is 2.46. The van der Waals surface area contributed by atoms with E-state index in [-0.39, 0.29) is 5.41 Å². The zero-order valence-corrected chi connectivity index (χ0v) is 15.8. The van der Waals surface area contributed by atoms with Crippen molar-refractivity contribution in [2.24, 2.45) is 0 Å². The Morgan fingerprint density at radius 3 is 2.62 bits per heavy atom. The maximum absolute atomic E-state index is 12.0. The van der Waals surface area contributed by atoms with E-state index in [4.69, 9.17) is 0 Å². The first-order valence-electron chi connectivity index (χ1n) is 6.67. The molecule has 1 unspecified atom stereocenters. The van der Waals surface area contributed by atoms with Crippen LogP contribution in [0.5, 0.6) is 0 Å². The van der Waals surface area contributed by atoms with Crippen LogP contribution in [0.1, 0.15) is 26.6 Å². The average Bonchev–Trinajstić information content (AvgIpc) is 2.36. The summed E-state index contributed by atoms with van der Waals surface area (Å²) in [7, 11) is -3.15. The maximum Gasteiger partial charge on any atom is 0.169 e. The predicted octanol–water partition coefficient (Wildman–Crippen LogP) is 2.46. The Labute approximate surface area is 139 Å². The summed E-state index contributed by atoms with van der Waals surface area (Å²) in [5.41, 5.74) is -0.191. The van der Waals surface area contributed by atoms with Gasteiger partial charge in [-0.25, -0.2) is 18.4 Å². The summed E-state index contributed by atoms with van der Waals surface area (Å²) in [6.07, 6.45) is 1.29. The summed E-state index contributed by atoms with van der Waals surface area (Å²) in [5.74, 6) is 2.86. The molecule has 0 amide bonds. The summed E-state index contributed by atoms with van der Waals surface area (Å²) >= 11 is 5.08. The van der Waals surface area contributed by atoms with Gasteiger partial charge in [0, 0.05) is 35.8 Å². The first-order valence-corrected chi connectivity index (χ1v) is 10.6. The van der Waals surface area contributed by atoms with E-state index < -0.39 is 15.2 Å². The van der Waals surface area contributed by atoms with Crippen LogP contribution in [0.25, 0.3) is 0 Å². The van der Waals surface area contributed by atoms with Gasteiger partial charge >= 0.3 is 0 Å². The molecule has 118 valence electrons. The van der Waals surface area contributed by atoms with Gasteiger partial charge in [-0.05, 0) is 15.9 Å². The summed E-state index contributed by atoms with van der Waals surface area (Å²) in [4.78, 5) is 10.9. The average molecular weight is 394 g/mol. The van der Waals surface area contributed by atoms with Crippen LogP contribution in [0.3, 0.4) is 0 Å². The SMILES string of the molecule is CC(C)(C)c1nc(Br)cc(N2CCSCC2S(C)(=O)=O)n1. The zero-order valence-electron chi connectivity index (χ0n) is 12.6. The molecular weight excluding hydrogens is 374 g/mol. The van der Waals surface area contributed by atoms with Crippen LogP contribution in [-0.4, -0.2) is 48.1 Å².